The Kier molecular flexibility index (Phi) is 7.24. The number of rotatable bonds is 9. The van der Waals surface area contributed by atoms with Crippen LogP contribution in [0, 0.1) is 5.92 Å². The predicted molar refractivity (Wildman–Crippen MR) is 88.4 cm³/mol. The van der Waals surface area contributed by atoms with Crippen molar-refractivity contribution in [2.24, 2.45) is 5.92 Å². The van der Waals surface area contributed by atoms with E-state index in [9.17, 15) is 0 Å². The van der Waals surface area contributed by atoms with Crippen LogP contribution in [0.25, 0.3) is 0 Å². The van der Waals surface area contributed by atoms with E-state index in [1.165, 1.54) is 51.7 Å². The first-order valence-corrected chi connectivity index (χ1v) is 8.71. The van der Waals surface area contributed by atoms with Gasteiger partial charge in [0.15, 0.2) is 0 Å². The van der Waals surface area contributed by atoms with Gasteiger partial charge in [-0.2, -0.15) is 0 Å². The fourth-order valence-electron chi connectivity index (χ4n) is 3.35. The number of nitrogens with one attached hydrogen (secondary N) is 1. The molecule has 0 bridgehead atoms. The quantitative estimate of drug-likeness (QED) is 0.711. The second kappa shape index (κ2) is 9.21. The summed E-state index contributed by atoms with van der Waals surface area (Å²) in [5, 5.41) is 3.74. The van der Waals surface area contributed by atoms with Crippen LogP contribution in [0.5, 0.6) is 0 Å². The van der Waals surface area contributed by atoms with E-state index in [2.05, 4.69) is 33.6 Å². The molecule has 0 spiro atoms. The summed E-state index contributed by atoms with van der Waals surface area (Å²) in [5.74, 6) is 0.832. The van der Waals surface area contributed by atoms with E-state index in [4.69, 9.17) is 0 Å². The van der Waals surface area contributed by atoms with Crippen molar-refractivity contribution in [3.05, 3.63) is 18.7 Å². The van der Waals surface area contributed by atoms with E-state index < -0.39 is 0 Å². The highest BCUT2D eigenvalue weighted by molar-refractivity contribution is 4.80. The molecule has 4 nitrogen and oxygen atoms in total. The van der Waals surface area contributed by atoms with Gasteiger partial charge in [0.1, 0.15) is 0 Å². The molecule has 2 unspecified atom stereocenters. The number of aryl methyl sites for hydroxylation is 1. The maximum atomic E-state index is 4.08. The van der Waals surface area contributed by atoms with Crippen LogP contribution in [-0.4, -0.2) is 46.7 Å². The molecule has 2 heterocycles. The molecular weight excluding hydrogens is 260 g/mol. The van der Waals surface area contributed by atoms with Crippen molar-refractivity contribution in [3.63, 3.8) is 0 Å². The molecule has 0 aromatic carbocycles. The molecule has 2 rings (SSSR count). The maximum Gasteiger partial charge on any atom is 0.0945 e. The predicted octanol–water partition coefficient (Wildman–Crippen LogP) is 2.76. The third kappa shape index (κ3) is 5.79. The number of aromatic nitrogens is 2. The van der Waals surface area contributed by atoms with Gasteiger partial charge in [0, 0.05) is 31.5 Å². The summed E-state index contributed by atoms with van der Waals surface area (Å²) in [7, 11) is 0. The zero-order valence-electron chi connectivity index (χ0n) is 13.8. The zero-order valence-corrected chi connectivity index (χ0v) is 13.8. The van der Waals surface area contributed by atoms with E-state index >= 15 is 0 Å². The minimum absolute atomic E-state index is 0.651. The van der Waals surface area contributed by atoms with Gasteiger partial charge >= 0.3 is 0 Å². The molecule has 1 aliphatic rings. The standard InChI is InChI=1S/C17H32N4/c1-3-10-20-12-6-7-17(14-20)16(2)19-8-4-5-11-21-13-9-18-15-21/h9,13,15-17,19H,3-8,10-12,14H2,1-2H3. The average molecular weight is 292 g/mol. The van der Waals surface area contributed by atoms with Crippen LogP contribution < -0.4 is 5.32 Å². The van der Waals surface area contributed by atoms with Crippen LogP contribution in [0.2, 0.25) is 0 Å². The molecule has 1 saturated heterocycles. The Morgan fingerprint density at radius 1 is 1.33 bits per heavy atom. The molecule has 1 aromatic heterocycles. The molecule has 1 N–H and O–H groups in total. The third-order valence-corrected chi connectivity index (χ3v) is 4.66. The Labute approximate surface area is 129 Å². The van der Waals surface area contributed by atoms with Crippen LogP contribution in [0.1, 0.15) is 46.0 Å². The minimum atomic E-state index is 0.651. The lowest BCUT2D eigenvalue weighted by Crippen LogP contribution is -2.44. The van der Waals surface area contributed by atoms with Gasteiger partial charge in [0.2, 0.25) is 0 Å². The lowest BCUT2D eigenvalue weighted by Gasteiger charge is -2.36. The normalized spacial score (nSPS) is 21.5. The molecule has 120 valence electrons. The van der Waals surface area contributed by atoms with Gasteiger partial charge in [-0.15, -0.1) is 0 Å². The van der Waals surface area contributed by atoms with Crippen molar-refractivity contribution in [1.82, 2.24) is 19.8 Å². The number of piperidine rings is 1. The first-order chi connectivity index (χ1) is 10.3. The van der Waals surface area contributed by atoms with Crippen molar-refractivity contribution in [3.8, 4) is 0 Å². The third-order valence-electron chi connectivity index (χ3n) is 4.66. The summed E-state index contributed by atoms with van der Waals surface area (Å²) >= 11 is 0. The van der Waals surface area contributed by atoms with Gasteiger partial charge in [-0.3, -0.25) is 0 Å². The number of hydrogen-bond donors (Lipinski definition) is 1. The lowest BCUT2D eigenvalue weighted by atomic mass is 9.91. The fraction of sp³-hybridized carbons (Fsp3) is 0.824. The molecule has 0 saturated carbocycles. The Balaban J connectivity index is 1.57. The van der Waals surface area contributed by atoms with Crippen LogP contribution in [-0.2, 0) is 6.54 Å². The number of hydrogen-bond acceptors (Lipinski definition) is 3. The summed E-state index contributed by atoms with van der Waals surface area (Å²) < 4.78 is 2.16. The lowest BCUT2D eigenvalue weighted by molar-refractivity contribution is 0.151. The fourth-order valence-corrected chi connectivity index (χ4v) is 3.35. The first kappa shape index (κ1) is 16.5. The molecule has 0 amide bonds. The largest absolute Gasteiger partial charge is 0.337 e. The number of unbranched alkanes of at least 4 members (excludes halogenated alkanes) is 1. The van der Waals surface area contributed by atoms with E-state index in [1.807, 2.05) is 18.7 Å². The van der Waals surface area contributed by atoms with Gasteiger partial charge in [-0.05, 0) is 64.6 Å². The van der Waals surface area contributed by atoms with Crippen LogP contribution in [0.4, 0.5) is 0 Å². The molecule has 21 heavy (non-hydrogen) atoms. The Bertz CT molecular complexity index is 361. The summed E-state index contributed by atoms with van der Waals surface area (Å²) in [6.07, 6.45) is 12.3. The van der Waals surface area contributed by atoms with Crippen LogP contribution in [0.3, 0.4) is 0 Å². The van der Waals surface area contributed by atoms with Gasteiger partial charge in [-0.25, -0.2) is 4.98 Å². The summed E-state index contributed by atoms with van der Waals surface area (Å²) in [6.45, 7) is 10.7. The van der Waals surface area contributed by atoms with Crippen molar-refractivity contribution in [2.45, 2.75) is 58.5 Å². The Morgan fingerprint density at radius 3 is 3.00 bits per heavy atom. The smallest absolute Gasteiger partial charge is 0.0945 e. The molecular formula is C17H32N4. The maximum absolute atomic E-state index is 4.08. The van der Waals surface area contributed by atoms with Crippen LogP contribution >= 0.6 is 0 Å². The molecule has 4 heteroatoms. The monoisotopic (exact) mass is 292 g/mol. The second-order valence-corrected chi connectivity index (χ2v) is 6.45. The van der Waals surface area contributed by atoms with E-state index in [-0.39, 0.29) is 0 Å². The van der Waals surface area contributed by atoms with Crippen molar-refractivity contribution < 1.29 is 0 Å². The number of likely N-dealkylation sites (tertiary alicyclic amines) is 1. The van der Waals surface area contributed by atoms with E-state index in [1.54, 1.807) is 0 Å². The number of nitrogens with zero attached hydrogens (tertiary/aromatic N) is 3. The average Bonchev–Trinajstić information content (AvgIpc) is 3.01. The number of imidazole rings is 1. The molecule has 2 atom stereocenters. The van der Waals surface area contributed by atoms with Crippen molar-refractivity contribution >= 4 is 0 Å². The van der Waals surface area contributed by atoms with Crippen molar-refractivity contribution in [1.29, 1.82) is 0 Å². The Morgan fingerprint density at radius 2 is 2.24 bits per heavy atom. The summed E-state index contributed by atoms with van der Waals surface area (Å²) in [4.78, 5) is 6.72. The molecule has 1 aliphatic heterocycles. The Hall–Kier alpha value is -0.870. The van der Waals surface area contributed by atoms with Crippen LogP contribution in [0.15, 0.2) is 18.7 Å². The topological polar surface area (TPSA) is 33.1 Å². The molecule has 0 radical (unpaired) electrons. The minimum Gasteiger partial charge on any atom is -0.337 e. The second-order valence-electron chi connectivity index (χ2n) is 6.45. The highest BCUT2D eigenvalue weighted by Gasteiger charge is 2.23. The van der Waals surface area contributed by atoms with Gasteiger partial charge < -0.3 is 14.8 Å². The zero-order chi connectivity index (χ0) is 14.9. The van der Waals surface area contributed by atoms with Gasteiger partial charge in [0.05, 0.1) is 6.33 Å². The van der Waals surface area contributed by atoms with Gasteiger partial charge in [0.25, 0.3) is 0 Å². The van der Waals surface area contributed by atoms with Gasteiger partial charge in [-0.1, -0.05) is 6.92 Å². The van der Waals surface area contributed by atoms with E-state index in [0.29, 0.717) is 6.04 Å². The highest BCUT2D eigenvalue weighted by atomic mass is 15.1. The van der Waals surface area contributed by atoms with E-state index in [0.717, 1.165) is 19.0 Å². The summed E-state index contributed by atoms with van der Waals surface area (Å²) in [5.41, 5.74) is 0. The molecule has 1 fully saturated rings. The molecule has 1 aromatic rings. The summed E-state index contributed by atoms with van der Waals surface area (Å²) in [6, 6.07) is 0.651. The first-order valence-electron chi connectivity index (χ1n) is 8.71. The SMILES string of the molecule is CCCN1CCCC(C(C)NCCCCn2ccnc2)C1. The van der Waals surface area contributed by atoms with Crippen molar-refractivity contribution in [2.75, 3.05) is 26.2 Å². The molecule has 0 aliphatic carbocycles. The highest BCUT2D eigenvalue weighted by Crippen LogP contribution is 2.19.